The lowest BCUT2D eigenvalue weighted by molar-refractivity contribution is -0.144. The lowest BCUT2D eigenvalue weighted by Gasteiger charge is -2.50. The van der Waals surface area contributed by atoms with Crippen LogP contribution in [0.1, 0.15) is 48.3 Å². The van der Waals surface area contributed by atoms with Gasteiger partial charge in [-0.2, -0.15) is 0 Å². The molecular weight excluding hydrogens is 756 g/mol. The summed E-state index contributed by atoms with van der Waals surface area (Å²) in [6.07, 6.45) is 2.20. The Morgan fingerprint density at radius 2 is 1.44 bits per heavy atom. The Balaban J connectivity index is 1.18. The van der Waals surface area contributed by atoms with E-state index in [4.69, 9.17) is 23.2 Å². The zero-order chi connectivity index (χ0) is 38.6. The lowest BCUT2D eigenvalue weighted by Crippen LogP contribution is -2.60. The van der Waals surface area contributed by atoms with Crippen molar-refractivity contribution in [3.63, 3.8) is 0 Å². The van der Waals surface area contributed by atoms with Gasteiger partial charge in [-0.25, -0.2) is 26.9 Å². The predicted octanol–water partition coefficient (Wildman–Crippen LogP) is 6.62. The summed E-state index contributed by atoms with van der Waals surface area (Å²) in [5, 5.41) is 10.3. The Morgan fingerprint density at radius 3 is 2.07 bits per heavy atom. The Morgan fingerprint density at radius 1 is 0.815 bits per heavy atom. The Labute approximate surface area is 316 Å². The number of halogens is 7. The van der Waals surface area contributed by atoms with Crippen LogP contribution in [0.5, 0.6) is 5.75 Å². The maximum Gasteiger partial charge on any atom is 0.258 e. The average Bonchev–Trinajstić information content (AvgIpc) is 3.50. The molecular formula is C39H32Cl2F5N3O5. The quantitative estimate of drug-likeness (QED) is 0.0780. The smallest absolute Gasteiger partial charge is 0.258 e. The summed E-state index contributed by atoms with van der Waals surface area (Å²) in [4.78, 5) is 55.5. The summed E-state index contributed by atoms with van der Waals surface area (Å²) < 4.78 is 73.6. The van der Waals surface area contributed by atoms with Crippen molar-refractivity contribution >= 4 is 52.5 Å². The topological polar surface area (TPSA) is 98.2 Å². The van der Waals surface area contributed by atoms with Crippen LogP contribution in [-0.4, -0.2) is 67.4 Å². The number of carbonyl (C=O) groups is 4. The van der Waals surface area contributed by atoms with Crippen molar-refractivity contribution in [3.05, 3.63) is 106 Å². The van der Waals surface area contributed by atoms with Gasteiger partial charge in [0.1, 0.15) is 11.4 Å². The third-order valence-electron chi connectivity index (χ3n) is 12.0. The van der Waals surface area contributed by atoms with Crippen molar-refractivity contribution in [2.75, 3.05) is 18.0 Å². The number of hydrogen-bond acceptors (Lipinski definition) is 6. The average molecular weight is 789 g/mol. The molecule has 4 amide bonds. The zero-order valence-corrected chi connectivity index (χ0v) is 30.1. The highest BCUT2D eigenvalue weighted by Gasteiger charge is 2.77. The maximum absolute atomic E-state index is 15.3. The van der Waals surface area contributed by atoms with E-state index in [1.54, 1.807) is 13.0 Å². The third kappa shape index (κ3) is 5.03. The molecule has 5 aliphatic rings. The lowest BCUT2D eigenvalue weighted by atomic mass is 9.56. The number of phenols is 1. The highest BCUT2D eigenvalue weighted by molar-refractivity contribution is 6.58. The molecule has 1 saturated carbocycles. The number of allylic oxidation sites excluding steroid dienone is 2. The fourth-order valence-electron chi connectivity index (χ4n) is 9.36. The molecule has 8 nitrogen and oxygen atoms in total. The second-order valence-electron chi connectivity index (χ2n) is 14.8. The van der Waals surface area contributed by atoms with Crippen LogP contribution in [0, 0.1) is 53.8 Å². The standard InChI is InChI=1S/C39H32Cl2F5N3O5/c1-18-15-20(7-10-25(18)50)27-22-8-9-23-26(35(52)48(34(23)51)21-11-13-47(14-12-21)17-19-5-3-2-4-6-19)24(22)16-38(40)36(53)49(37(54)39(27,38)41)33-31(45)29(43)28(42)30(44)32(33)46/h2-8,10,15,21,23-24,26-27,50H,9,11-14,16-17H2,1H3/t23-,24+,26-,27-,38+,39-/m0/s1. The Kier molecular flexibility index (Phi) is 8.74. The number of imide groups is 2. The van der Waals surface area contributed by atoms with Crippen molar-refractivity contribution in [2.45, 2.75) is 60.9 Å². The van der Waals surface area contributed by atoms with E-state index in [0.717, 1.165) is 5.56 Å². The van der Waals surface area contributed by atoms with E-state index in [1.165, 1.54) is 23.1 Å². The monoisotopic (exact) mass is 787 g/mol. The number of rotatable bonds is 5. The number of benzene rings is 3. The minimum absolute atomic E-state index is 0.0593. The second kappa shape index (κ2) is 12.9. The molecule has 1 N–H and O–H groups in total. The van der Waals surface area contributed by atoms with Gasteiger partial charge >= 0.3 is 0 Å². The maximum atomic E-state index is 15.3. The number of hydrogen-bond donors (Lipinski definition) is 1. The molecule has 0 unspecified atom stereocenters. The van der Waals surface area contributed by atoms with Crippen LogP contribution in [0.2, 0.25) is 0 Å². The molecule has 15 heteroatoms. The number of piperidine rings is 1. The first kappa shape index (κ1) is 36.6. The van der Waals surface area contributed by atoms with Crippen LogP contribution in [0.3, 0.4) is 0 Å². The number of carbonyl (C=O) groups excluding carboxylic acids is 4. The van der Waals surface area contributed by atoms with Gasteiger partial charge in [0, 0.05) is 31.6 Å². The van der Waals surface area contributed by atoms with E-state index in [1.807, 2.05) is 30.3 Å². The van der Waals surface area contributed by atoms with E-state index in [9.17, 15) is 37.5 Å². The summed E-state index contributed by atoms with van der Waals surface area (Å²) in [7, 11) is 0. The normalized spacial score (nSPS) is 30.1. The molecule has 282 valence electrons. The second-order valence-corrected chi connectivity index (χ2v) is 16.0. The van der Waals surface area contributed by atoms with Gasteiger partial charge in [0.05, 0.1) is 11.8 Å². The number of anilines is 1. The van der Waals surface area contributed by atoms with E-state index < -0.39 is 98.4 Å². The first-order valence-corrected chi connectivity index (χ1v) is 18.3. The van der Waals surface area contributed by atoms with E-state index in [2.05, 4.69) is 4.90 Å². The molecule has 2 aliphatic carbocycles. The number of alkyl halides is 2. The van der Waals surface area contributed by atoms with Crippen LogP contribution in [0.15, 0.2) is 60.2 Å². The van der Waals surface area contributed by atoms with Gasteiger partial charge in [0.15, 0.2) is 33.0 Å². The van der Waals surface area contributed by atoms with Gasteiger partial charge in [-0.1, -0.05) is 54.1 Å². The van der Waals surface area contributed by atoms with Crippen molar-refractivity contribution < 1.29 is 46.2 Å². The fraction of sp³-hybridized carbons (Fsp3) is 0.385. The highest BCUT2D eigenvalue weighted by atomic mass is 35.5. The van der Waals surface area contributed by atoms with Crippen molar-refractivity contribution in [3.8, 4) is 5.75 Å². The van der Waals surface area contributed by atoms with Crippen LogP contribution < -0.4 is 4.90 Å². The summed E-state index contributed by atoms with van der Waals surface area (Å²) >= 11 is 14.4. The molecule has 3 aromatic carbocycles. The van der Waals surface area contributed by atoms with Gasteiger partial charge < -0.3 is 5.11 Å². The number of aromatic hydroxyl groups is 1. The fourth-order valence-corrected chi connectivity index (χ4v) is 10.3. The van der Waals surface area contributed by atoms with Crippen LogP contribution in [-0.2, 0) is 25.7 Å². The third-order valence-corrected chi connectivity index (χ3v) is 13.4. The molecule has 4 fully saturated rings. The SMILES string of the molecule is Cc1cc([C@H]2C3=CC[C@@H]4C(=O)N(C5CCN(Cc6ccccc6)CC5)C(=O)[C@@H]4[C@@H]3C[C@@]3(Cl)C(=O)N(c4c(F)c(F)c(F)c(F)c4F)C(=O)[C@@]23Cl)ccc1O. The first-order chi connectivity index (χ1) is 25.6. The minimum atomic E-state index is -2.62. The number of fused-ring (bicyclic) bond motifs is 4. The van der Waals surface area contributed by atoms with Gasteiger partial charge in [-0.15, -0.1) is 23.2 Å². The molecule has 0 radical (unpaired) electrons. The Hall–Kier alpha value is -4.33. The number of likely N-dealkylation sites (tertiary alicyclic amines) is 2. The largest absolute Gasteiger partial charge is 0.508 e. The van der Waals surface area contributed by atoms with Crippen molar-refractivity contribution in [1.82, 2.24) is 9.80 Å². The van der Waals surface area contributed by atoms with Crippen LogP contribution >= 0.6 is 23.2 Å². The minimum Gasteiger partial charge on any atom is -0.508 e. The van der Waals surface area contributed by atoms with Gasteiger partial charge in [0.2, 0.25) is 17.6 Å². The van der Waals surface area contributed by atoms with Gasteiger partial charge in [-0.05, 0) is 61.3 Å². The molecule has 0 bridgehead atoms. The van der Waals surface area contributed by atoms with Crippen LogP contribution in [0.25, 0.3) is 0 Å². The number of aryl methyl sites for hydroxylation is 1. The summed E-state index contributed by atoms with van der Waals surface area (Å²) in [5.41, 5.74) is 0.194. The van der Waals surface area contributed by atoms with Crippen molar-refractivity contribution in [2.24, 2.45) is 17.8 Å². The van der Waals surface area contributed by atoms with Gasteiger partial charge in [-0.3, -0.25) is 29.0 Å². The molecule has 0 aromatic heterocycles. The molecule has 3 aromatic rings. The molecule has 8 rings (SSSR count). The molecule has 3 heterocycles. The highest BCUT2D eigenvalue weighted by Crippen LogP contribution is 2.66. The van der Waals surface area contributed by atoms with E-state index in [-0.39, 0.29) is 28.5 Å². The molecule has 3 saturated heterocycles. The summed E-state index contributed by atoms with van der Waals surface area (Å²) in [5.74, 6) is -20.6. The Bertz CT molecular complexity index is 2150. The van der Waals surface area contributed by atoms with Crippen molar-refractivity contribution in [1.29, 1.82) is 0 Å². The predicted molar refractivity (Wildman–Crippen MR) is 186 cm³/mol. The summed E-state index contributed by atoms with van der Waals surface area (Å²) in [6, 6.07) is 13.7. The molecule has 54 heavy (non-hydrogen) atoms. The van der Waals surface area contributed by atoms with E-state index in [0.29, 0.717) is 43.6 Å². The molecule has 0 spiro atoms. The first-order valence-electron chi connectivity index (χ1n) is 17.5. The number of phenolic OH excluding ortho intramolecular Hbond substituents is 1. The molecule has 3 aliphatic heterocycles. The summed E-state index contributed by atoms with van der Waals surface area (Å²) in [6.45, 7) is 3.51. The number of amides is 4. The van der Waals surface area contributed by atoms with Gasteiger partial charge in [0.25, 0.3) is 11.8 Å². The zero-order valence-electron chi connectivity index (χ0n) is 28.6. The van der Waals surface area contributed by atoms with E-state index >= 15 is 8.78 Å². The molecule has 6 atom stereocenters. The van der Waals surface area contributed by atoms with Crippen LogP contribution in [0.4, 0.5) is 27.6 Å². The number of nitrogens with zero attached hydrogens (tertiary/aromatic N) is 3.